The standard InChI is InChI=1S/C17H18Cl3N/c1-3-21-17(14-6-5-13(18)8-11(14)2)10-12-4-7-15(19)16(20)9-12/h4-9,17,21H,3,10H2,1-2H3. The van der Waals surface area contributed by atoms with E-state index in [-0.39, 0.29) is 6.04 Å². The lowest BCUT2D eigenvalue weighted by atomic mass is 9.95. The average Bonchev–Trinajstić information content (AvgIpc) is 2.42. The Bertz CT molecular complexity index is 625. The first-order valence-electron chi connectivity index (χ1n) is 6.94. The zero-order chi connectivity index (χ0) is 15.4. The highest BCUT2D eigenvalue weighted by Gasteiger charge is 2.14. The molecule has 0 aromatic heterocycles. The van der Waals surface area contributed by atoms with Gasteiger partial charge in [-0.2, -0.15) is 0 Å². The number of likely N-dealkylation sites (N-methyl/N-ethyl adjacent to an activating group) is 1. The van der Waals surface area contributed by atoms with Crippen LogP contribution in [0.1, 0.15) is 29.7 Å². The highest BCUT2D eigenvalue weighted by Crippen LogP contribution is 2.28. The SMILES string of the molecule is CCNC(Cc1ccc(Cl)c(Cl)c1)c1ccc(Cl)cc1C. The molecule has 0 aliphatic heterocycles. The second-order valence-electron chi connectivity index (χ2n) is 5.06. The van der Waals surface area contributed by atoms with E-state index in [1.165, 1.54) is 11.1 Å². The Kier molecular flexibility index (Phi) is 5.95. The fourth-order valence-corrected chi connectivity index (χ4v) is 3.02. The summed E-state index contributed by atoms with van der Waals surface area (Å²) in [7, 11) is 0. The lowest BCUT2D eigenvalue weighted by molar-refractivity contribution is 0.547. The molecule has 0 saturated heterocycles. The van der Waals surface area contributed by atoms with E-state index in [4.69, 9.17) is 34.8 Å². The normalized spacial score (nSPS) is 12.4. The fraction of sp³-hybridized carbons (Fsp3) is 0.294. The smallest absolute Gasteiger partial charge is 0.0595 e. The Morgan fingerprint density at radius 2 is 1.76 bits per heavy atom. The predicted octanol–water partition coefficient (Wildman–Crippen LogP) is 5.85. The molecule has 1 unspecified atom stereocenters. The summed E-state index contributed by atoms with van der Waals surface area (Å²) in [5.74, 6) is 0. The van der Waals surface area contributed by atoms with Crippen molar-refractivity contribution in [3.63, 3.8) is 0 Å². The Balaban J connectivity index is 2.28. The molecule has 0 aliphatic carbocycles. The van der Waals surface area contributed by atoms with E-state index in [9.17, 15) is 0 Å². The molecule has 0 radical (unpaired) electrons. The number of benzene rings is 2. The summed E-state index contributed by atoms with van der Waals surface area (Å²) in [4.78, 5) is 0. The molecule has 0 saturated carbocycles. The largest absolute Gasteiger partial charge is 0.310 e. The van der Waals surface area contributed by atoms with Crippen molar-refractivity contribution in [3.05, 3.63) is 68.2 Å². The summed E-state index contributed by atoms with van der Waals surface area (Å²) >= 11 is 18.1. The van der Waals surface area contributed by atoms with Crippen molar-refractivity contribution in [2.45, 2.75) is 26.3 Å². The van der Waals surface area contributed by atoms with Crippen molar-refractivity contribution in [3.8, 4) is 0 Å². The maximum absolute atomic E-state index is 6.10. The predicted molar refractivity (Wildman–Crippen MR) is 92.8 cm³/mol. The summed E-state index contributed by atoms with van der Waals surface area (Å²) < 4.78 is 0. The molecule has 1 nitrogen and oxygen atoms in total. The highest BCUT2D eigenvalue weighted by atomic mass is 35.5. The van der Waals surface area contributed by atoms with Crippen LogP contribution in [0.15, 0.2) is 36.4 Å². The Hall–Kier alpha value is -0.730. The van der Waals surface area contributed by atoms with Crippen LogP contribution in [0.4, 0.5) is 0 Å². The van der Waals surface area contributed by atoms with Gasteiger partial charge in [0.05, 0.1) is 10.0 Å². The van der Waals surface area contributed by atoms with E-state index in [0.717, 1.165) is 23.6 Å². The number of rotatable bonds is 5. The van der Waals surface area contributed by atoms with Crippen LogP contribution in [-0.2, 0) is 6.42 Å². The van der Waals surface area contributed by atoms with Gasteiger partial charge >= 0.3 is 0 Å². The summed E-state index contributed by atoms with van der Waals surface area (Å²) in [5.41, 5.74) is 3.60. The average molecular weight is 343 g/mol. The lowest BCUT2D eigenvalue weighted by Crippen LogP contribution is -2.23. The van der Waals surface area contributed by atoms with Crippen LogP contribution in [0.25, 0.3) is 0 Å². The Morgan fingerprint density at radius 3 is 2.38 bits per heavy atom. The molecule has 2 aromatic carbocycles. The van der Waals surface area contributed by atoms with Crippen molar-refractivity contribution in [1.29, 1.82) is 0 Å². The monoisotopic (exact) mass is 341 g/mol. The molecule has 2 aromatic rings. The van der Waals surface area contributed by atoms with Crippen LogP contribution in [0, 0.1) is 6.92 Å². The van der Waals surface area contributed by atoms with Crippen LogP contribution < -0.4 is 5.32 Å². The fourth-order valence-electron chi connectivity index (χ4n) is 2.47. The number of halogens is 3. The second-order valence-corrected chi connectivity index (χ2v) is 6.31. The molecular weight excluding hydrogens is 325 g/mol. The van der Waals surface area contributed by atoms with Gasteiger partial charge in [0.15, 0.2) is 0 Å². The van der Waals surface area contributed by atoms with Gasteiger partial charge in [-0.15, -0.1) is 0 Å². The van der Waals surface area contributed by atoms with Gasteiger partial charge in [0.1, 0.15) is 0 Å². The summed E-state index contributed by atoms with van der Waals surface area (Å²) in [6.07, 6.45) is 0.854. The van der Waals surface area contributed by atoms with Gasteiger partial charge in [0.25, 0.3) is 0 Å². The summed E-state index contributed by atoms with van der Waals surface area (Å²) in [6, 6.07) is 12.0. The maximum Gasteiger partial charge on any atom is 0.0595 e. The van der Waals surface area contributed by atoms with Crippen LogP contribution in [-0.4, -0.2) is 6.54 Å². The van der Waals surface area contributed by atoms with Crippen molar-refractivity contribution >= 4 is 34.8 Å². The van der Waals surface area contributed by atoms with Crippen LogP contribution >= 0.6 is 34.8 Å². The van der Waals surface area contributed by atoms with Crippen molar-refractivity contribution < 1.29 is 0 Å². The molecular formula is C17H18Cl3N. The number of hydrogen-bond donors (Lipinski definition) is 1. The van der Waals surface area contributed by atoms with Gasteiger partial charge in [-0.05, 0) is 60.8 Å². The van der Waals surface area contributed by atoms with Crippen molar-refractivity contribution in [1.82, 2.24) is 5.32 Å². The van der Waals surface area contributed by atoms with Gasteiger partial charge in [-0.1, -0.05) is 53.9 Å². The molecule has 21 heavy (non-hydrogen) atoms. The van der Waals surface area contributed by atoms with Crippen molar-refractivity contribution in [2.24, 2.45) is 0 Å². The van der Waals surface area contributed by atoms with E-state index in [0.29, 0.717) is 10.0 Å². The first-order chi connectivity index (χ1) is 10.0. The molecule has 0 fully saturated rings. The number of nitrogens with one attached hydrogen (secondary N) is 1. The lowest BCUT2D eigenvalue weighted by Gasteiger charge is -2.21. The Labute approximate surface area is 141 Å². The zero-order valence-electron chi connectivity index (χ0n) is 12.1. The minimum Gasteiger partial charge on any atom is -0.310 e. The minimum atomic E-state index is 0.226. The van der Waals surface area contributed by atoms with Crippen LogP contribution in [0.2, 0.25) is 15.1 Å². The van der Waals surface area contributed by atoms with E-state index in [1.807, 2.05) is 30.3 Å². The summed E-state index contributed by atoms with van der Waals surface area (Å²) in [5, 5.41) is 5.47. The third kappa shape index (κ3) is 4.37. The molecule has 1 atom stereocenters. The molecule has 0 amide bonds. The van der Waals surface area contributed by atoms with Gasteiger partial charge in [0.2, 0.25) is 0 Å². The zero-order valence-corrected chi connectivity index (χ0v) is 14.4. The van der Waals surface area contributed by atoms with Gasteiger partial charge < -0.3 is 5.32 Å². The van der Waals surface area contributed by atoms with E-state index in [2.05, 4.69) is 25.2 Å². The molecule has 0 spiro atoms. The van der Waals surface area contributed by atoms with Gasteiger partial charge in [-0.3, -0.25) is 0 Å². The maximum atomic E-state index is 6.10. The van der Waals surface area contributed by atoms with Crippen LogP contribution in [0.5, 0.6) is 0 Å². The van der Waals surface area contributed by atoms with Gasteiger partial charge in [-0.25, -0.2) is 0 Å². The molecule has 112 valence electrons. The molecule has 1 N–H and O–H groups in total. The van der Waals surface area contributed by atoms with E-state index in [1.54, 1.807) is 0 Å². The third-order valence-corrected chi connectivity index (χ3v) is 4.46. The van der Waals surface area contributed by atoms with Crippen molar-refractivity contribution in [2.75, 3.05) is 6.54 Å². The second kappa shape index (κ2) is 7.51. The Morgan fingerprint density at radius 1 is 1.00 bits per heavy atom. The molecule has 4 heteroatoms. The number of aryl methyl sites for hydroxylation is 1. The first-order valence-corrected chi connectivity index (χ1v) is 8.08. The first kappa shape index (κ1) is 16.6. The quantitative estimate of drug-likeness (QED) is 0.719. The molecule has 2 rings (SSSR count). The minimum absolute atomic E-state index is 0.226. The van der Waals surface area contributed by atoms with E-state index >= 15 is 0 Å². The van der Waals surface area contributed by atoms with E-state index < -0.39 is 0 Å². The molecule has 0 aliphatic rings. The topological polar surface area (TPSA) is 12.0 Å². The third-order valence-electron chi connectivity index (χ3n) is 3.48. The highest BCUT2D eigenvalue weighted by molar-refractivity contribution is 6.42. The number of hydrogen-bond acceptors (Lipinski definition) is 1. The van der Waals surface area contributed by atoms with Crippen LogP contribution in [0.3, 0.4) is 0 Å². The molecule has 0 heterocycles. The van der Waals surface area contributed by atoms with Gasteiger partial charge in [0, 0.05) is 11.1 Å². The summed E-state index contributed by atoms with van der Waals surface area (Å²) in [6.45, 7) is 5.08. The molecule has 0 bridgehead atoms.